The number of benzene rings is 4. The van der Waals surface area contributed by atoms with Crippen molar-refractivity contribution in [2.45, 2.75) is 70.2 Å². The summed E-state index contributed by atoms with van der Waals surface area (Å²) in [5.41, 5.74) is 2.27. The quantitative estimate of drug-likeness (QED) is 0.0829. The fraction of sp³-hybridized carbons (Fsp3) is 0.310. The molecule has 0 fully saturated rings. The van der Waals surface area contributed by atoms with Crippen molar-refractivity contribution in [1.29, 1.82) is 0 Å². The number of aromatic amines is 1. The molecule has 13 nitrogen and oxygen atoms in total. The van der Waals surface area contributed by atoms with E-state index < -0.39 is 59.9 Å². The van der Waals surface area contributed by atoms with Crippen LogP contribution in [-0.4, -0.2) is 77.3 Å². The second-order valence-electron chi connectivity index (χ2n) is 14.2. The van der Waals surface area contributed by atoms with Crippen LogP contribution in [0.15, 0.2) is 97.2 Å². The Bertz CT molecular complexity index is 2160. The number of nitrogens with one attached hydrogen (secondary N) is 5. The Balaban J connectivity index is 1.40. The van der Waals surface area contributed by atoms with Gasteiger partial charge in [-0.15, -0.1) is 0 Å². The Morgan fingerprint density at radius 1 is 0.727 bits per heavy atom. The van der Waals surface area contributed by atoms with E-state index in [1.807, 2.05) is 84.9 Å². The summed E-state index contributed by atoms with van der Waals surface area (Å²) >= 11 is 0. The van der Waals surface area contributed by atoms with Gasteiger partial charge < -0.3 is 40.8 Å². The Morgan fingerprint density at radius 3 is 2.11 bits per heavy atom. The number of carboxylic acid groups (broad SMARTS) is 1. The van der Waals surface area contributed by atoms with E-state index in [1.165, 1.54) is 0 Å². The van der Waals surface area contributed by atoms with Crippen LogP contribution in [0.25, 0.3) is 21.7 Å². The average molecular weight is 750 g/mol. The Morgan fingerprint density at radius 2 is 1.38 bits per heavy atom. The highest BCUT2D eigenvalue weighted by molar-refractivity contribution is 5.96. The van der Waals surface area contributed by atoms with Gasteiger partial charge in [0.2, 0.25) is 17.7 Å². The van der Waals surface area contributed by atoms with Gasteiger partial charge in [-0.3, -0.25) is 19.2 Å². The molecule has 0 saturated carbocycles. The molecule has 288 valence electrons. The average Bonchev–Trinajstić information content (AvgIpc) is 3.55. The first kappa shape index (κ1) is 39.8. The third-order valence-corrected chi connectivity index (χ3v) is 8.89. The number of fused-ring (bicyclic) bond motifs is 2. The number of carbonyl (C=O) groups is 5. The fourth-order valence-corrected chi connectivity index (χ4v) is 6.27. The molecule has 3 atom stereocenters. The van der Waals surface area contributed by atoms with Crippen LogP contribution < -0.4 is 26.0 Å². The molecule has 0 aliphatic heterocycles. The largest absolute Gasteiger partial charge is 0.496 e. The molecule has 5 rings (SSSR count). The van der Waals surface area contributed by atoms with Crippen molar-refractivity contribution in [2.24, 2.45) is 0 Å². The number of aliphatic carboxylic acids is 1. The SMILES string of the molecule is COc1ccccc1CCNC(=O)[C@@H](CC(=O)O)NC(=O)[C@@H](Cc1ccc2ccccc2c1)NC(=O)[C@H](Cc1c[nH]c2ccccc12)NC(=O)OC(C)(C)C. The standard InChI is InChI=1S/C42H47N5O8/c1-42(2,3)55-41(53)47-34(23-30-25-44-32-15-9-8-14-31(30)32)40(52)45-33(22-26-17-18-27-11-5-6-13-29(27)21-26)39(51)46-35(24-37(48)49)38(50)43-20-19-28-12-7-10-16-36(28)54-4/h5-18,21,25,33-35,44H,19-20,22-24H2,1-4H3,(H,43,50)(H,45,52)(H,46,51)(H,47,53)(H,48,49)/t33-,34+,35-/m1/s1. The molecule has 0 spiro atoms. The van der Waals surface area contributed by atoms with Crippen molar-refractivity contribution >= 4 is 51.5 Å². The number of aromatic nitrogens is 1. The number of rotatable bonds is 16. The Hall–Kier alpha value is -6.37. The highest BCUT2D eigenvalue weighted by Gasteiger charge is 2.32. The maximum Gasteiger partial charge on any atom is 0.408 e. The van der Waals surface area contributed by atoms with Crippen molar-refractivity contribution in [3.8, 4) is 5.75 Å². The van der Waals surface area contributed by atoms with Gasteiger partial charge in [0.1, 0.15) is 29.5 Å². The van der Waals surface area contributed by atoms with Crippen molar-refractivity contribution in [3.05, 3.63) is 114 Å². The molecule has 13 heteroatoms. The zero-order chi connectivity index (χ0) is 39.5. The van der Waals surface area contributed by atoms with Crippen molar-refractivity contribution in [2.75, 3.05) is 13.7 Å². The summed E-state index contributed by atoms with van der Waals surface area (Å²) < 4.78 is 10.9. The van der Waals surface area contributed by atoms with E-state index >= 15 is 0 Å². The maximum atomic E-state index is 14.2. The molecule has 4 aromatic carbocycles. The lowest BCUT2D eigenvalue weighted by Gasteiger charge is -2.26. The van der Waals surface area contributed by atoms with E-state index in [0.29, 0.717) is 17.7 Å². The number of ether oxygens (including phenoxy) is 2. The molecule has 6 N–H and O–H groups in total. The normalized spacial score (nSPS) is 12.9. The number of carbonyl (C=O) groups excluding carboxylic acids is 4. The van der Waals surface area contributed by atoms with Crippen LogP contribution in [-0.2, 0) is 43.2 Å². The number of hydrogen-bond donors (Lipinski definition) is 6. The molecular formula is C42H47N5O8. The molecule has 5 aromatic rings. The zero-order valence-corrected chi connectivity index (χ0v) is 31.3. The van der Waals surface area contributed by atoms with Gasteiger partial charge >= 0.3 is 12.1 Å². The fourth-order valence-electron chi connectivity index (χ4n) is 6.27. The first-order chi connectivity index (χ1) is 26.3. The second-order valence-corrected chi connectivity index (χ2v) is 14.2. The minimum atomic E-state index is -1.46. The van der Waals surface area contributed by atoms with E-state index in [-0.39, 0.29) is 19.4 Å². The topological polar surface area (TPSA) is 188 Å². The minimum absolute atomic E-state index is 0.0101. The number of para-hydroxylation sites is 2. The molecule has 1 heterocycles. The summed E-state index contributed by atoms with van der Waals surface area (Å²) in [6.07, 6.45) is 0.664. The predicted octanol–water partition coefficient (Wildman–Crippen LogP) is 4.81. The van der Waals surface area contributed by atoms with Crippen LogP contribution in [0.4, 0.5) is 4.79 Å². The van der Waals surface area contributed by atoms with Gasteiger partial charge in [0.15, 0.2) is 0 Å². The van der Waals surface area contributed by atoms with E-state index in [9.17, 15) is 29.1 Å². The minimum Gasteiger partial charge on any atom is -0.496 e. The first-order valence-electron chi connectivity index (χ1n) is 18.0. The van der Waals surface area contributed by atoms with Crippen molar-refractivity contribution in [3.63, 3.8) is 0 Å². The molecule has 0 unspecified atom stereocenters. The summed E-state index contributed by atoms with van der Waals surface area (Å²) in [5.74, 6) is -2.83. The van der Waals surface area contributed by atoms with Crippen LogP contribution >= 0.6 is 0 Å². The predicted molar refractivity (Wildman–Crippen MR) is 209 cm³/mol. The smallest absolute Gasteiger partial charge is 0.408 e. The number of H-pyrrole nitrogens is 1. The Labute approximate surface area is 319 Å². The lowest BCUT2D eigenvalue weighted by Crippen LogP contribution is -2.58. The molecule has 1 aromatic heterocycles. The molecule has 0 aliphatic rings. The maximum absolute atomic E-state index is 14.2. The summed E-state index contributed by atoms with van der Waals surface area (Å²) in [5, 5.41) is 23.2. The zero-order valence-electron chi connectivity index (χ0n) is 31.3. The number of methoxy groups -OCH3 is 1. The second kappa shape index (κ2) is 18.1. The first-order valence-corrected chi connectivity index (χ1v) is 18.0. The molecule has 4 amide bonds. The lowest BCUT2D eigenvalue weighted by molar-refractivity contribution is -0.141. The van der Waals surface area contributed by atoms with Crippen LogP contribution in [0.2, 0.25) is 0 Å². The van der Waals surface area contributed by atoms with E-state index in [2.05, 4.69) is 26.3 Å². The highest BCUT2D eigenvalue weighted by atomic mass is 16.6. The molecule has 55 heavy (non-hydrogen) atoms. The van der Waals surface area contributed by atoms with Gasteiger partial charge in [-0.1, -0.05) is 78.9 Å². The summed E-state index contributed by atoms with van der Waals surface area (Å²) in [7, 11) is 1.54. The van der Waals surface area contributed by atoms with Gasteiger partial charge in [-0.2, -0.15) is 0 Å². The number of alkyl carbamates (subject to hydrolysis) is 1. The van der Waals surface area contributed by atoms with E-state index in [4.69, 9.17) is 9.47 Å². The molecule has 0 bridgehead atoms. The van der Waals surface area contributed by atoms with Gasteiger partial charge in [0.05, 0.1) is 13.5 Å². The van der Waals surface area contributed by atoms with Crippen molar-refractivity contribution < 1.29 is 38.6 Å². The van der Waals surface area contributed by atoms with E-state index in [0.717, 1.165) is 32.8 Å². The van der Waals surface area contributed by atoms with Crippen molar-refractivity contribution in [1.82, 2.24) is 26.3 Å². The summed E-state index contributed by atoms with van der Waals surface area (Å²) in [6, 6.07) is 24.2. The summed E-state index contributed by atoms with van der Waals surface area (Å²) in [4.78, 5) is 69.8. The van der Waals surface area contributed by atoms with Crippen LogP contribution in [0, 0.1) is 0 Å². The van der Waals surface area contributed by atoms with E-state index in [1.54, 1.807) is 40.1 Å². The van der Waals surface area contributed by atoms with Gasteiger partial charge in [0.25, 0.3) is 0 Å². The molecule has 0 aliphatic carbocycles. The lowest BCUT2D eigenvalue weighted by atomic mass is 9.99. The van der Waals surface area contributed by atoms with Gasteiger partial charge in [-0.05, 0) is 66.8 Å². The van der Waals surface area contributed by atoms with Crippen LogP contribution in [0.1, 0.15) is 43.9 Å². The third-order valence-electron chi connectivity index (χ3n) is 8.89. The molecule has 0 radical (unpaired) electrons. The van der Waals surface area contributed by atoms with Crippen LogP contribution in [0.3, 0.4) is 0 Å². The Kier molecular flexibility index (Phi) is 13.1. The highest BCUT2D eigenvalue weighted by Crippen LogP contribution is 2.21. The third kappa shape index (κ3) is 11.3. The number of carboxylic acids is 1. The monoisotopic (exact) mass is 749 g/mol. The van der Waals surface area contributed by atoms with Gasteiger partial charge in [0, 0.05) is 36.5 Å². The van der Waals surface area contributed by atoms with Crippen LogP contribution in [0.5, 0.6) is 5.75 Å². The van der Waals surface area contributed by atoms with Gasteiger partial charge in [-0.25, -0.2) is 4.79 Å². The molecular weight excluding hydrogens is 702 g/mol. The number of hydrogen-bond acceptors (Lipinski definition) is 7. The number of amides is 4. The molecule has 0 saturated heterocycles. The summed E-state index contributed by atoms with van der Waals surface area (Å²) in [6.45, 7) is 5.25.